The van der Waals surface area contributed by atoms with Gasteiger partial charge in [-0.15, -0.1) is 0 Å². The van der Waals surface area contributed by atoms with E-state index in [0.29, 0.717) is 0 Å². The van der Waals surface area contributed by atoms with Gasteiger partial charge < -0.3 is 5.11 Å². The molecule has 1 aliphatic rings. The van der Waals surface area contributed by atoms with Crippen LogP contribution in [-0.4, -0.2) is 38.0 Å². The maximum atomic E-state index is 13.6. The number of halogens is 1. The number of aliphatic hydroxyl groups is 1. The molecule has 0 bridgehead atoms. The van der Waals surface area contributed by atoms with Crippen molar-refractivity contribution in [2.75, 3.05) is 20.2 Å². The molecule has 0 radical (unpaired) electrons. The highest BCUT2D eigenvalue weighted by atomic mass is 32.2. The predicted molar refractivity (Wildman–Crippen MR) is 69.6 cm³/mol. The first kappa shape index (κ1) is 14.4. The summed E-state index contributed by atoms with van der Waals surface area (Å²) in [6.07, 6.45) is 2.61. The van der Waals surface area contributed by atoms with Crippen molar-refractivity contribution in [3.05, 3.63) is 30.1 Å². The van der Waals surface area contributed by atoms with Crippen molar-refractivity contribution < 1.29 is 17.9 Å². The minimum atomic E-state index is -3.84. The average molecular weight is 287 g/mol. The fourth-order valence-corrected chi connectivity index (χ4v) is 3.77. The van der Waals surface area contributed by atoms with Gasteiger partial charge in [-0.1, -0.05) is 18.6 Å². The normalized spacial score (nSPS) is 18.3. The van der Waals surface area contributed by atoms with Gasteiger partial charge in [0.25, 0.3) is 0 Å². The topological polar surface area (TPSA) is 57.6 Å². The minimum Gasteiger partial charge on any atom is -0.396 e. The number of hydrogen-bond acceptors (Lipinski definition) is 3. The van der Waals surface area contributed by atoms with Crippen LogP contribution in [0.3, 0.4) is 0 Å². The van der Waals surface area contributed by atoms with Gasteiger partial charge >= 0.3 is 0 Å². The molecule has 0 atom stereocenters. The number of sulfonamides is 1. The molecule has 0 aliphatic heterocycles. The van der Waals surface area contributed by atoms with E-state index in [-0.39, 0.29) is 23.5 Å². The molecule has 1 aliphatic carbocycles. The fourth-order valence-electron chi connectivity index (χ4n) is 2.42. The lowest BCUT2D eigenvalue weighted by Crippen LogP contribution is -2.45. The Labute approximate surface area is 112 Å². The third kappa shape index (κ3) is 2.66. The third-order valence-electron chi connectivity index (χ3n) is 3.83. The lowest BCUT2D eigenvalue weighted by molar-refractivity contribution is 0.0311. The van der Waals surface area contributed by atoms with Crippen LogP contribution in [0.4, 0.5) is 4.39 Å². The molecule has 1 aromatic rings. The van der Waals surface area contributed by atoms with Crippen molar-refractivity contribution in [3.8, 4) is 0 Å². The summed E-state index contributed by atoms with van der Waals surface area (Å²) in [4.78, 5) is -0.315. The summed E-state index contributed by atoms with van der Waals surface area (Å²) in [5, 5.41) is 9.38. The molecule has 0 saturated heterocycles. The van der Waals surface area contributed by atoms with Gasteiger partial charge in [-0.25, -0.2) is 17.1 Å². The molecular formula is C13H18FNO3S. The van der Waals surface area contributed by atoms with E-state index < -0.39 is 15.8 Å². The van der Waals surface area contributed by atoms with Crippen molar-refractivity contribution in [1.29, 1.82) is 0 Å². The Kier molecular flexibility index (Phi) is 3.94. The molecule has 2 rings (SSSR count). The van der Waals surface area contributed by atoms with Crippen LogP contribution in [0.2, 0.25) is 0 Å². The van der Waals surface area contributed by atoms with Crippen LogP contribution >= 0.6 is 0 Å². The van der Waals surface area contributed by atoms with Crippen molar-refractivity contribution in [2.45, 2.75) is 24.2 Å². The number of rotatable bonds is 5. The van der Waals surface area contributed by atoms with E-state index in [1.807, 2.05) is 0 Å². The molecule has 0 spiro atoms. The first-order valence-corrected chi connectivity index (χ1v) is 7.67. The average Bonchev–Trinajstić information content (AvgIpc) is 2.33. The van der Waals surface area contributed by atoms with Crippen molar-refractivity contribution in [3.63, 3.8) is 0 Å². The monoisotopic (exact) mass is 287 g/mol. The number of nitrogens with zero attached hydrogens (tertiary/aromatic N) is 1. The van der Waals surface area contributed by atoms with Crippen LogP contribution in [0.1, 0.15) is 19.3 Å². The van der Waals surface area contributed by atoms with Gasteiger partial charge in [-0.3, -0.25) is 0 Å². The standard InChI is InChI=1S/C13H18FNO3S/c1-15(9-13(10-16)7-4-8-13)19(17,18)12-6-3-2-5-11(12)14/h2-3,5-6,16H,4,7-10H2,1H3. The Hall–Kier alpha value is -0.980. The Morgan fingerprint density at radius 3 is 2.47 bits per heavy atom. The van der Waals surface area contributed by atoms with Crippen LogP contribution in [0.25, 0.3) is 0 Å². The van der Waals surface area contributed by atoms with Gasteiger partial charge in [0.1, 0.15) is 10.7 Å². The van der Waals surface area contributed by atoms with Crippen LogP contribution < -0.4 is 0 Å². The van der Waals surface area contributed by atoms with Crippen molar-refractivity contribution in [1.82, 2.24) is 4.31 Å². The Balaban J connectivity index is 2.23. The van der Waals surface area contributed by atoms with E-state index in [4.69, 9.17) is 0 Å². The van der Waals surface area contributed by atoms with Crippen LogP contribution in [0, 0.1) is 11.2 Å². The highest BCUT2D eigenvalue weighted by Crippen LogP contribution is 2.41. The third-order valence-corrected chi connectivity index (χ3v) is 5.67. The number of hydrogen-bond donors (Lipinski definition) is 1. The molecular weight excluding hydrogens is 269 g/mol. The summed E-state index contributed by atoms with van der Waals surface area (Å²) in [5.41, 5.74) is -0.354. The zero-order valence-corrected chi connectivity index (χ0v) is 11.7. The molecule has 1 saturated carbocycles. The Morgan fingerprint density at radius 2 is 2.00 bits per heavy atom. The minimum absolute atomic E-state index is 0.0376. The molecule has 19 heavy (non-hydrogen) atoms. The van der Waals surface area contributed by atoms with E-state index in [0.717, 1.165) is 29.6 Å². The second-order valence-electron chi connectivity index (χ2n) is 5.20. The molecule has 4 nitrogen and oxygen atoms in total. The molecule has 106 valence electrons. The molecule has 1 aromatic carbocycles. The number of aliphatic hydroxyl groups excluding tert-OH is 1. The molecule has 0 unspecified atom stereocenters. The van der Waals surface area contributed by atoms with E-state index >= 15 is 0 Å². The van der Waals surface area contributed by atoms with Crippen molar-refractivity contribution >= 4 is 10.0 Å². The van der Waals surface area contributed by atoms with Crippen LogP contribution in [0.15, 0.2) is 29.2 Å². The largest absolute Gasteiger partial charge is 0.396 e. The molecule has 1 fully saturated rings. The zero-order valence-electron chi connectivity index (χ0n) is 10.8. The summed E-state index contributed by atoms with van der Waals surface area (Å²) >= 11 is 0. The summed E-state index contributed by atoms with van der Waals surface area (Å²) in [5.74, 6) is -0.749. The van der Waals surface area contributed by atoms with Gasteiger partial charge in [0, 0.05) is 25.6 Å². The van der Waals surface area contributed by atoms with E-state index in [2.05, 4.69) is 0 Å². The second kappa shape index (κ2) is 5.19. The fraction of sp³-hybridized carbons (Fsp3) is 0.538. The lowest BCUT2D eigenvalue weighted by Gasteiger charge is -2.42. The van der Waals surface area contributed by atoms with Gasteiger partial charge in [0.15, 0.2) is 0 Å². The first-order valence-electron chi connectivity index (χ1n) is 6.23. The predicted octanol–water partition coefficient (Wildman–Crippen LogP) is 1.61. The van der Waals surface area contributed by atoms with E-state index in [1.54, 1.807) is 0 Å². The smallest absolute Gasteiger partial charge is 0.245 e. The molecule has 0 aromatic heterocycles. The summed E-state index contributed by atoms with van der Waals surface area (Å²) in [7, 11) is -2.41. The maximum Gasteiger partial charge on any atom is 0.245 e. The first-order chi connectivity index (χ1) is 8.91. The van der Waals surface area contributed by atoms with Gasteiger partial charge in [-0.2, -0.15) is 0 Å². The molecule has 0 amide bonds. The zero-order chi connectivity index (χ0) is 14.1. The summed E-state index contributed by atoms with van der Waals surface area (Å²) < 4.78 is 39.3. The SMILES string of the molecule is CN(CC1(CO)CCC1)S(=O)(=O)c1ccccc1F. The highest BCUT2D eigenvalue weighted by Gasteiger charge is 2.40. The molecule has 1 N–H and O–H groups in total. The van der Waals surface area contributed by atoms with Gasteiger partial charge in [0.2, 0.25) is 10.0 Å². The molecule has 0 heterocycles. The quantitative estimate of drug-likeness (QED) is 0.895. The summed E-state index contributed by atoms with van der Waals surface area (Å²) in [6, 6.07) is 5.34. The second-order valence-corrected chi connectivity index (χ2v) is 7.22. The van der Waals surface area contributed by atoms with Crippen LogP contribution in [-0.2, 0) is 10.0 Å². The number of benzene rings is 1. The van der Waals surface area contributed by atoms with Crippen LogP contribution in [0.5, 0.6) is 0 Å². The van der Waals surface area contributed by atoms with Crippen molar-refractivity contribution in [2.24, 2.45) is 5.41 Å². The Bertz CT molecular complexity index is 549. The summed E-state index contributed by atoms with van der Waals surface area (Å²) in [6.45, 7) is 0.185. The lowest BCUT2D eigenvalue weighted by atomic mass is 9.69. The molecule has 6 heteroatoms. The highest BCUT2D eigenvalue weighted by molar-refractivity contribution is 7.89. The van der Waals surface area contributed by atoms with Gasteiger partial charge in [0.05, 0.1) is 0 Å². The maximum absolute atomic E-state index is 13.6. The Morgan fingerprint density at radius 1 is 1.37 bits per heavy atom. The van der Waals surface area contributed by atoms with E-state index in [9.17, 15) is 17.9 Å². The van der Waals surface area contributed by atoms with Gasteiger partial charge in [-0.05, 0) is 25.0 Å². The van der Waals surface area contributed by atoms with E-state index in [1.165, 1.54) is 25.2 Å².